The molecule has 0 saturated carbocycles. The number of benzene rings is 1. The summed E-state index contributed by atoms with van der Waals surface area (Å²) in [4.78, 5) is 24.4. The van der Waals surface area contributed by atoms with Gasteiger partial charge in [0, 0.05) is 11.6 Å². The molecule has 3 heterocycles. The van der Waals surface area contributed by atoms with Gasteiger partial charge in [-0.05, 0) is 42.5 Å². The first-order chi connectivity index (χ1) is 14.1. The van der Waals surface area contributed by atoms with E-state index in [2.05, 4.69) is 31.2 Å². The van der Waals surface area contributed by atoms with Gasteiger partial charge in [-0.1, -0.05) is 0 Å². The zero-order chi connectivity index (χ0) is 20.2. The molecule has 0 bridgehead atoms. The number of carbonyl (C=O) groups is 2. The monoisotopic (exact) mass is 392 g/mol. The van der Waals surface area contributed by atoms with Gasteiger partial charge in [0.25, 0.3) is 11.8 Å². The van der Waals surface area contributed by atoms with E-state index in [4.69, 9.17) is 9.15 Å². The first-order valence-corrected chi connectivity index (χ1v) is 8.54. The molecule has 0 spiro atoms. The van der Waals surface area contributed by atoms with Gasteiger partial charge in [0.1, 0.15) is 17.1 Å². The molecule has 146 valence electrons. The van der Waals surface area contributed by atoms with Crippen LogP contribution in [0.5, 0.6) is 5.75 Å². The number of nitrogens with zero attached hydrogens (tertiary/aromatic N) is 2. The van der Waals surface area contributed by atoms with Crippen molar-refractivity contribution in [1.29, 1.82) is 0 Å². The van der Waals surface area contributed by atoms with Crippen LogP contribution in [0.3, 0.4) is 0 Å². The van der Waals surface area contributed by atoms with Crippen LogP contribution in [-0.4, -0.2) is 39.3 Å². The van der Waals surface area contributed by atoms with Crippen LogP contribution in [0, 0.1) is 0 Å². The van der Waals surface area contributed by atoms with Gasteiger partial charge in [0.15, 0.2) is 11.5 Å². The Hall–Kier alpha value is -4.34. The summed E-state index contributed by atoms with van der Waals surface area (Å²) in [5, 5.41) is 13.4. The van der Waals surface area contributed by atoms with E-state index in [0.29, 0.717) is 17.1 Å². The first-order valence-electron chi connectivity index (χ1n) is 8.54. The van der Waals surface area contributed by atoms with Gasteiger partial charge in [0.05, 0.1) is 19.1 Å². The number of hydrogen-bond acceptors (Lipinski definition) is 6. The minimum Gasteiger partial charge on any atom is -0.497 e. The Kier molecular flexibility index (Phi) is 4.81. The molecule has 4 rings (SSSR count). The summed E-state index contributed by atoms with van der Waals surface area (Å²) < 4.78 is 10.3. The van der Waals surface area contributed by atoms with Gasteiger partial charge in [-0.15, -0.1) is 0 Å². The van der Waals surface area contributed by atoms with Crippen molar-refractivity contribution in [1.82, 2.24) is 31.2 Å². The highest BCUT2D eigenvalue weighted by Gasteiger charge is 2.15. The van der Waals surface area contributed by atoms with E-state index >= 15 is 0 Å². The summed E-state index contributed by atoms with van der Waals surface area (Å²) in [5.74, 6) is 0.136. The minimum absolute atomic E-state index is 0.0974. The summed E-state index contributed by atoms with van der Waals surface area (Å²) in [6, 6.07) is 13.8. The number of aromatic amines is 2. The molecule has 0 aliphatic heterocycles. The van der Waals surface area contributed by atoms with Crippen molar-refractivity contribution in [3.05, 3.63) is 66.2 Å². The van der Waals surface area contributed by atoms with E-state index < -0.39 is 11.8 Å². The zero-order valence-electron chi connectivity index (χ0n) is 15.2. The molecule has 4 aromatic rings. The number of furan rings is 1. The molecule has 1 aromatic carbocycles. The van der Waals surface area contributed by atoms with Crippen LogP contribution < -0.4 is 15.6 Å². The highest BCUT2D eigenvalue weighted by atomic mass is 16.5. The first kappa shape index (κ1) is 18.0. The number of aromatic nitrogens is 4. The Morgan fingerprint density at radius 2 is 1.79 bits per heavy atom. The Balaban J connectivity index is 1.37. The molecule has 4 N–H and O–H groups in total. The number of ether oxygens (including phenoxy) is 1. The van der Waals surface area contributed by atoms with Crippen molar-refractivity contribution < 1.29 is 18.7 Å². The van der Waals surface area contributed by atoms with E-state index in [-0.39, 0.29) is 11.4 Å². The second-order valence-corrected chi connectivity index (χ2v) is 5.95. The molecule has 0 aliphatic carbocycles. The molecular formula is C19H16N6O4. The van der Waals surface area contributed by atoms with Crippen molar-refractivity contribution in [2.75, 3.05) is 7.11 Å². The lowest BCUT2D eigenvalue weighted by atomic mass is 10.1. The smallest absolute Gasteiger partial charge is 0.290 e. The molecule has 29 heavy (non-hydrogen) atoms. The van der Waals surface area contributed by atoms with Crippen molar-refractivity contribution >= 4 is 11.8 Å². The zero-order valence-corrected chi connectivity index (χ0v) is 15.2. The predicted molar refractivity (Wildman–Crippen MR) is 102 cm³/mol. The molecule has 2 amide bonds. The third-order valence-electron chi connectivity index (χ3n) is 4.09. The number of hydrazine groups is 1. The normalized spacial score (nSPS) is 10.5. The van der Waals surface area contributed by atoms with E-state index in [1.807, 2.05) is 12.1 Å². The van der Waals surface area contributed by atoms with Crippen molar-refractivity contribution in [2.45, 2.75) is 0 Å². The lowest BCUT2D eigenvalue weighted by Gasteiger charge is -2.03. The SMILES string of the molecule is COc1ccc(-c2cc(C(=O)NNC(=O)c3cc(-c4ccco4)[nH]n3)[nH]n2)cc1. The predicted octanol–water partition coefficient (Wildman–Crippen LogP) is 2.14. The molecule has 0 atom stereocenters. The van der Waals surface area contributed by atoms with E-state index in [9.17, 15) is 9.59 Å². The largest absolute Gasteiger partial charge is 0.497 e. The standard InChI is InChI=1S/C19H16N6O4/c1-28-12-6-4-11(5-7-12)13-9-15(22-20-13)18(26)24-25-19(27)16-10-14(21-23-16)17-3-2-8-29-17/h2-10H,1H3,(H,20,22)(H,21,23)(H,24,26)(H,25,27). The fraction of sp³-hybridized carbons (Fsp3) is 0.0526. The average molecular weight is 392 g/mol. The van der Waals surface area contributed by atoms with Gasteiger partial charge in [0.2, 0.25) is 0 Å². The number of rotatable bonds is 5. The topological polar surface area (TPSA) is 138 Å². The van der Waals surface area contributed by atoms with Crippen LogP contribution in [0.15, 0.2) is 59.2 Å². The lowest BCUT2D eigenvalue weighted by Crippen LogP contribution is -2.41. The Morgan fingerprint density at radius 3 is 2.52 bits per heavy atom. The number of nitrogens with one attached hydrogen (secondary N) is 4. The highest BCUT2D eigenvalue weighted by molar-refractivity contribution is 5.98. The van der Waals surface area contributed by atoms with Crippen LogP contribution in [0.2, 0.25) is 0 Å². The summed E-state index contributed by atoms with van der Waals surface area (Å²) in [6.45, 7) is 0. The third-order valence-corrected chi connectivity index (χ3v) is 4.09. The molecule has 10 nitrogen and oxygen atoms in total. The summed E-state index contributed by atoms with van der Waals surface area (Å²) >= 11 is 0. The number of hydrogen-bond donors (Lipinski definition) is 4. The summed E-state index contributed by atoms with van der Waals surface area (Å²) in [7, 11) is 1.58. The van der Waals surface area contributed by atoms with Crippen LogP contribution in [-0.2, 0) is 0 Å². The lowest BCUT2D eigenvalue weighted by molar-refractivity contribution is 0.0841. The number of H-pyrrole nitrogens is 2. The fourth-order valence-corrected chi connectivity index (χ4v) is 2.59. The molecular weight excluding hydrogens is 376 g/mol. The maximum atomic E-state index is 12.3. The van der Waals surface area contributed by atoms with E-state index in [0.717, 1.165) is 11.3 Å². The van der Waals surface area contributed by atoms with Crippen LogP contribution in [0.4, 0.5) is 0 Å². The second kappa shape index (κ2) is 7.72. The van der Waals surface area contributed by atoms with Gasteiger partial charge in [-0.3, -0.25) is 30.6 Å². The number of methoxy groups -OCH3 is 1. The molecule has 0 saturated heterocycles. The maximum Gasteiger partial charge on any atom is 0.290 e. The maximum absolute atomic E-state index is 12.3. The number of carbonyl (C=O) groups excluding carboxylic acids is 2. The molecule has 10 heteroatoms. The van der Waals surface area contributed by atoms with Gasteiger partial charge >= 0.3 is 0 Å². The van der Waals surface area contributed by atoms with Crippen LogP contribution >= 0.6 is 0 Å². The highest BCUT2D eigenvalue weighted by Crippen LogP contribution is 2.21. The Bertz CT molecular complexity index is 1130. The van der Waals surface area contributed by atoms with Gasteiger partial charge in [-0.25, -0.2) is 0 Å². The summed E-state index contributed by atoms with van der Waals surface area (Å²) in [5.41, 5.74) is 6.85. The van der Waals surface area contributed by atoms with Gasteiger partial charge in [-0.2, -0.15) is 10.2 Å². The van der Waals surface area contributed by atoms with Gasteiger partial charge < -0.3 is 9.15 Å². The fourth-order valence-electron chi connectivity index (χ4n) is 2.59. The van der Waals surface area contributed by atoms with Crippen molar-refractivity contribution in [3.63, 3.8) is 0 Å². The Labute approximate surface area is 164 Å². The molecule has 0 unspecified atom stereocenters. The molecule has 0 aliphatic rings. The van der Waals surface area contributed by atoms with E-state index in [1.165, 1.54) is 12.3 Å². The number of amides is 2. The van der Waals surface area contributed by atoms with Crippen molar-refractivity contribution in [2.24, 2.45) is 0 Å². The second-order valence-electron chi connectivity index (χ2n) is 5.95. The minimum atomic E-state index is -0.581. The molecule has 0 fully saturated rings. The van der Waals surface area contributed by atoms with Crippen molar-refractivity contribution in [3.8, 4) is 28.5 Å². The van der Waals surface area contributed by atoms with E-state index in [1.54, 1.807) is 37.4 Å². The van der Waals surface area contributed by atoms with Crippen LogP contribution in [0.1, 0.15) is 21.0 Å². The quantitative estimate of drug-likeness (QED) is 0.384. The van der Waals surface area contributed by atoms with Crippen LogP contribution in [0.25, 0.3) is 22.7 Å². The summed E-state index contributed by atoms with van der Waals surface area (Å²) in [6.07, 6.45) is 1.51. The molecule has 0 radical (unpaired) electrons. The molecule has 3 aromatic heterocycles. The average Bonchev–Trinajstić information content (AvgIpc) is 3.52. The Morgan fingerprint density at radius 1 is 1.00 bits per heavy atom. The third kappa shape index (κ3) is 3.86.